The summed E-state index contributed by atoms with van der Waals surface area (Å²) in [6.07, 6.45) is 3.79. The second kappa shape index (κ2) is 2.59. The van der Waals surface area contributed by atoms with E-state index in [2.05, 4.69) is 0 Å². The largest absolute Gasteiger partial charge is 0.481 e. The van der Waals surface area contributed by atoms with Crippen LogP contribution in [0.4, 0.5) is 0 Å². The Hall–Kier alpha value is -0.860. The normalized spacial score (nSPS) is 49.7. The van der Waals surface area contributed by atoms with Gasteiger partial charge in [-0.15, -0.1) is 0 Å². The van der Waals surface area contributed by atoms with Crippen molar-refractivity contribution in [3.05, 3.63) is 0 Å². The number of hydrogen-bond donors (Lipinski definition) is 1. The van der Waals surface area contributed by atoms with Crippen LogP contribution in [0.1, 0.15) is 25.7 Å². The molecule has 0 aromatic heterocycles. The highest BCUT2D eigenvalue weighted by atomic mass is 16.4. The molecule has 0 spiro atoms. The summed E-state index contributed by atoms with van der Waals surface area (Å²) in [5, 5.41) is 9.11. The van der Waals surface area contributed by atoms with Gasteiger partial charge in [0.25, 0.3) is 0 Å². The summed E-state index contributed by atoms with van der Waals surface area (Å²) in [7, 11) is 0. The molecule has 0 unspecified atom stereocenters. The summed E-state index contributed by atoms with van der Waals surface area (Å²) in [5.41, 5.74) is 0. The molecule has 0 aromatic carbocycles. The maximum Gasteiger partial charge on any atom is 0.307 e. The number of ketones is 1. The predicted octanol–water partition coefficient (Wildman–Crippen LogP) is 1.32. The molecular weight excluding hydrogens is 180 g/mol. The number of rotatable bonds is 1. The second-order valence-corrected chi connectivity index (χ2v) is 5.14. The third-order valence-electron chi connectivity index (χ3n) is 4.42. The van der Waals surface area contributed by atoms with Gasteiger partial charge in [-0.3, -0.25) is 9.59 Å². The first-order valence-electron chi connectivity index (χ1n) is 5.43. The van der Waals surface area contributed by atoms with E-state index in [1.54, 1.807) is 0 Å². The fourth-order valence-electron chi connectivity index (χ4n) is 4.01. The molecule has 4 fully saturated rings. The number of carboxylic acids is 1. The van der Waals surface area contributed by atoms with Crippen LogP contribution in [-0.4, -0.2) is 16.9 Å². The summed E-state index contributed by atoms with van der Waals surface area (Å²) in [6.45, 7) is 0. The lowest BCUT2D eigenvalue weighted by atomic mass is 9.51. The lowest BCUT2D eigenvalue weighted by molar-refractivity contribution is -0.164. The van der Waals surface area contributed by atoms with E-state index >= 15 is 0 Å². The van der Waals surface area contributed by atoms with Gasteiger partial charge in [0.05, 0.1) is 5.92 Å². The minimum absolute atomic E-state index is 0.135. The average molecular weight is 194 g/mol. The first kappa shape index (κ1) is 8.45. The van der Waals surface area contributed by atoms with Gasteiger partial charge in [-0.1, -0.05) is 0 Å². The van der Waals surface area contributed by atoms with Crippen molar-refractivity contribution in [2.45, 2.75) is 25.7 Å². The third-order valence-corrected chi connectivity index (χ3v) is 4.42. The second-order valence-electron chi connectivity index (χ2n) is 5.14. The lowest BCUT2D eigenvalue weighted by Crippen LogP contribution is -2.53. The van der Waals surface area contributed by atoms with Crippen LogP contribution in [0, 0.1) is 29.6 Å². The van der Waals surface area contributed by atoms with Crippen molar-refractivity contribution in [2.24, 2.45) is 29.6 Å². The van der Waals surface area contributed by atoms with Gasteiger partial charge in [0.15, 0.2) is 0 Å². The van der Waals surface area contributed by atoms with Crippen LogP contribution in [0.15, 0.2) is 0 Å². The van der Waals surface area contributed by atoms with Crippen molar-refractivity contribution in [3.63, 3.8) is 0 Å². The van der Waals surface area contributed by atoms with Gasteiger partial charge >= 0.3 is 5.97 Å². The minimum atomic E-state index is -0.743. The highest BCUT2D eigenvalue weighted by Crippen LogP contribution is 2.54. The molecule has 0 radical (unpaired) electrons. The van der Waals surface area contributed by atoms with Gasteiger partial charge in [-0.25, -0.2) is 0 Å². The van der Waals surface area contributed by atoms with Gasteiger partial charge in [0.2, 0.25) is 0 Å². The maximum absolute atomic E-state index is 11.8. The van der Waals surface area contributed by atoms with Crippen LogP contribution < -0.4 is 0 Å². The van der Waals surface area contributed by atoms with Crippen LogP contribution in [0.2, 0.25) is 0 Å². The van der Waals surface area contributed by atoms with Crippen molar-refractivity contribution < 1.29 is 14.7 Å². The van der Waals surface area contributed by atoms with E-state index in [9.17, 15) is 9.59 Å². The molecule has 4 saturated carbocycles. The zero-order valence-electron chi connectivity index (χ0n) is 7.98. The Morgan fingerprint density at radius 3 is 2.71 bits per heavy atom. The van der Waals surface area contributed by atoms with E-state index in [0.29, 0.717) is 11.8 Å². The number of carboxylic acid groups (broad SMARTS) is 1. The molecule has 0 saturated heterocycles. The van der Waals surface area contributed by atoms with Crippen LogP contribution in [0.3, 0.4) is 0 Å². The quantitative estimate of drug-likeness (QED) is 0.685. The van der Waals surface area contributed by atoms with Crippen molar-refractivity contribution in [3.8, 4) is 0 Å². The molecule has 3 heteroatoms. The van der Waals surface area contributed by atoms with E-state index in [4.69, 9.17) is 5.11 Å². The summed E-state index contributed by atoms with van der Waals surface area (Å²) in [5.74, 6) is 0.189. The molecule has 0 heterocycles. The van der Waals surface area contributed by atoms with Crippen molar-refractivity contribution in [2.75, 3.05) is 0 Å². The molecular formula is C11H14O3. The zero-order valence-corrected chi connectivity index (χ0v) is 7.98. The van der Waals surface area contributed by atoms with Gasteiger partial charge < -0.3 is 5.11 Å². The first-order chi connectivity index (χ1) is 6.66. The van der Waals surface area contributed by atoms with Crippen LogP contribution in [0.5, 0.6) is 0 Å². The predicted molar refractivity (Wildman–Crippen MR) is 48.6 cm³/mol. The van der Waals surface area contributed by atoms with Crippen LogP contribution >= 0.6 is 0 Å². The van der Waals surface area contributed by atoms with Crippen LogP contribution in [-0.2, 0) is 9.59 Å². The summed E-state index contributed by atoms with van der Waals surface area (Å²) >= 11 is 0. The monoisotopic (exact) mass is 194 g/mol. The van der Waals surface area contributed by atoms with E-state index < -0.39 is 5.97 Å². The van der Waals surface area contributed by atoms with E-state index in [-0.39, 0.29) is 23.5 Å². The number of carbonyl (C=O) groups excluding carboxylic acids is 1. The van der Waals surface area contributed by atoms with Gasteiger partial charge in [-0.05, 0) is 37.5 Å². The van der Waals surface area contributed by atoms with Crippen molar-refractivity contribution >= 4 is 11.8 Å². The van der Waals surface area contributed by atoms with E-state index in [0.717, 1.165) is 25.7 Å². The molecule has 0 aromatic rings. The average Bonchev–Trinajstić information content (AvgIpc) is 2.12. The van der Waals surface area contributed by atoms with Crippen molar-refractivity contribution in [1.29, 1.82) is 0 Å². The maximum atomic E-state index is 11.8. The number of aliphatic carboxylic acids is 1. The molecule has 4 aliphatic rings. The van der Waals surface area contributed by atoms with Gasteiger partial charge in [-0.2, -0.15) is 0 Å². The fourth-order valence-corrected chi connectivity index (χ4v) is 4.01. The Morgan fingerprint density at radius 1 is 1.21 bits per heavy atom. The standard InChI is InChI=1S/C11H14O3/c12-10-7-2-5-1-6(4-7)9(11(13)14)8(10)3-5/h5-9H,1-4H2,(H,13,14)/t5-,6+,7+,8-,9+/m1/s1. The van der Waals surface area contributed by atoms with Crippen molar-refractivity contribution in [1.82, 2.24) is 0 Å². The molecule has 5 atom stereocenters. The van der Waals surface area contributed by atoms with Gasteiger partial charge in [0, 0.05) is 11.8 Å². The molecule has 0 amide bonds. The van der Waals surface area contributed by atoms with E-state index in [1.165, 1.54) is 0 Å². The number of Topliss-reactive ketones (excluding diaryl/α,β-unsaturated/α-hetero) is 1. The molecule has 4 aliphatic carbocycles. The summed E-state index contributed by atoms with van der Waals surface area (Å²) < 4.78 is 0. The molecule has 76 valence electrons. The first-order valence-corrected chi connectivity index (χ1v) is 5.43. The summed E-state index contributed by atoms with van der Waals surface area (Å²) in [4.78, 5) is 22.9. The Morgan fingerprint density at radius 2 is 2.00 bits per heavy atom. The topological polar surface area (TPSA) is 54.4 Å². The SMILES string of the molecule is O=C(O)[C@H]1[C@H]2C[C@@H]3C[C@@H](C2)C(=O)[C@@H]1C3. The smallest absolute Gasteiger partial charge is 0.307 e. The number of carbonyl (C=O) groups is 2. The Labute approximate surface area is 82.5 Å². The Bertz CT molecular complexity index is 310. The fraction of sp³-hybridized carbons (Fsp3) is 0.818. The molecule has 1 N–H and O–H groups in total. The molecule has 3 nitrogen and oxygen atoms in total. The molecule has 4 bridgehead atoms. The van der Waals surface area contributed by atoms with Gasteiger partial charge in [0.1, 0.15) is 5.78 Å². The highest BCUT2D eigenvalue weighted by Gasteiger charge is 2.55. The number of hydrogen-bond acceptors (Lipinski definition) is 2. The Kier molecular flexibility index (Phi) is 1.56. The minimum Gasteiger partial charge on any atom is -0.481 e. The molecule has 4 rings (SSSR count). The lowest BCUT2D eigenvalue weighted by Gasteiger charge is -2.51. The molecule has 14 heavy (non-hydrogen) atoms. The zero-order chi connectivity index (χ0) is 9.87. The van der Waals surface area contributed by atoms with E-state index in [1.807, 2.05) is 0 Å². The molecule has 0 aliphatic heterocycles. The van der Waals surface area contributed by atoms with Crippen LogP contribution in [0.25, 0.3) is 0 Å². The third kappa shape index (κ3) is 0.928. The highest BCUT2D eigenvalue weighted by molar-refractivity contribution is 5.90. The Balaban J connectivity index is 1.97. The summed E-state index contributed by atoms with van der Waals surface area (Å²) in [6, 6.07) is 0.